The molecule has 4 N–H and O–H groups in total. The third kappa shape index (κ3) is 5.37. The Kier molecular flexibility index (Phi) is 7.14. The van der Waals surface area contributed by atoms with Gasteiger partial charge in [-0.15, -0.1) is 13.9 Å². The predicted molar refractivity (Wildman–Crippen MR) is 158 cm³/mol. The van der Waals surface area contributed by atoms with Crippen LogP contribution in [-0.2, 0) is 15.8 Å². The molecule has 0 radical (unpaired) electrons. The Morgan fingerprint density at radius 1 is 1.08 bits per heavy atom. The van der Waals surface area contributed by atoms with Crippen LogP contribution in [0.2, 0.25) is 0 Å². The molecule has 0 saturated heterocycles. The van der Waals surface area contributed by atoms with Gasteiger partial charge in [0, 0.05) is 28.0 Å². The van der Waals surface area contributed by atoms with Gasteiger partial charge in [0.05, 0.1) is 25.0 Å². The summed E-state index contributed by atoms with van der Waals surface area (Å²) in [5.41, 5.74) is -0.533. The predicted octanol–water partition coefficient (Wildman–Crippen LogP) is 4.21. The van der Waals surface area contributed by atoms with E-state index in [1.54, 1.807) is 6.07 Å². The monoisotopic (exact) mass is 687 g/mol. The number of ether oxygens (including phenoxy) is 4. The summed E-state index contributed by atoms with van der Waals surface area (Å²) in [6.07, 6.45) is -7.58. The van der Waals surface area contributed by atoms with Crippen molar-refractivity contribution in [2.24, 2.45) is 5.73 Å². The third-order valence-electron chi connectivity index (χ3n) is 8.84. The first-order chi connectivity index (χ1) is 23.0. The zero-order valence-corrected chi connectivity index (χ0v) is 25.7. The summed E-state index contributed by atoms with van der Waals surface area (Å²) < 4.78 is 92.0. The number of hydrogen-bond acceptors (Lipinski definition) is 10. The van der Waals surface area contributed by atoms with E-state index in [-0.39, 0.29) is 45.6 Å². The van der Waals surface area contributed by atoms with Crippen LogP contribution in [0.25, 0.3) is 22.2 Å². The highest BCUT2D eigenvalue weighted by atomic mass is 19.4. The number of benzene rings is 2. The Hall–Kier alpha value is -5.32. The lowest BCUT2D eigenvalue weighted by Gasteiger charge is -2.31. The molecular formula is C32H26F5N5O7. The third-order valence-corrected chi connectivity index (χ3v) is 8.84. The number of halogens is 5. The number of carbonyl (C=O) groups is 2. The van der Waals surface area contributed by atoms with E-state index >= 15 is 0 Å². The van der Waals surface area contributed by atoms with Gasteiger partial charge >= 0.3 is 12.5 Å². The molecular weight excluding hydrogens is 661 g/mol. The average molecular weight is 688 g/mol. The summed E-state index contributed by atoms with van der Waals surface area (Å²) in [4.78, 5) is 30.0. The summed E-state index contributed by atoms with van der Waals surface area (Å²) in [5, 5.41) is 22.4. The summed E-state index contributed by atoms with van der Waals surface area (Å²) in [6.45, 7) is -0.490. The molecule has 2 atom stereocenters. The molecule has 49 heavy (non-hydrogen) atoms. The van der Waals surface area contributed by atoms with Gasteiger partial charge in [-0.05, 0) is 62.2 Å². The van der Waals surface area contributed by atoms with Gasteiger partial charge in [-0.25, -0.2) is 4.98 Å². The molecule has 3 aliphatic rings. The number of amides is 2. The smallest absolute Gasteiger partial charge is 0.494 e. The van der Waals surface area contributed by atoms with Crippen LogP contribution in [0.3, 0.4) is 0 Å². The molecule has 0 spiro atoms. The average Bonchev–Trinajstić information content (AvgIpc) is 3.78. The maximum atomic E-state index is 14.9. The number of rotatable bonds is 8. The van der Waals surface area contributed by atoms with E-state index in [0.717, 1.165) is 31.0 Å². The van der Waals surface area contributed by atoms with Gasteiger partial charge < -0.3 is 35.1 Å². The van der Waals surface area contributed by atoms with Crippen LogP contribution in [0.15, 0.2) is 42.5 Å². The van der Waals surface area contributed by atoms with Crippen molar-refractivity contribution >= 4 is 22.7 Å². The number of nitrogens with one attached hydrogen (secondary N) is 1. The van der Waals surface area contributed by atoms with Crippen LogP contribution in [-0.4, -0.2) is 64.8 Å². The number of carbonyl (C=O) groups excluding carboxylic acids is 2. The Bertz CT molecular complexity index is 2060. The minimum absolute atomic E-state index is 0.0719. The highest BCUT2D eigenvalue weighted by Crippen LogP contribution is 2.50. The number of methoxy groups -OCH3 is 1. The molecule has 4 heterocycles. The van der Waals surface area contributed by atoms with E-state index in [9.17, 15) is 36.6 Å². The Morgan fingerprint density at radius 2 is 1.82 bits per heavy atom. The molecule has 2 aromatic carbocycles. The lowest BCUT2D eigenvalue weighted by atomic mass is 9.81. The molecule has 1 aliphatic carbocycles. The molecule has 2 aliphatic heterocycles. The SMILES string of the molecule is COc1cc(C(=O)NC[C@](O)(c2cc3c(c(-c4ccc5c(c4)OC(F)(F)O5)n2)OC[C@]3(C)C(N)=O)C(F)(F)F)cc2cc(C3CC3)nnc12. The van der Waals surface area contributed by atoms with E-state index in [1.165, 1.54) is 32.2 Å². The van der Waals surface area contributed by atoms with Gasteiger partial charge in [-0.2, -0.15) is 18.3 Å². The number of nitrogens with zero attached hydrogens (tertiary/aromatic N) is 3. The van der Waals surface area contributed by atoms with Crippen molar-refractivity contribution in [2.75, 3.05) is 20.3 Å². The fraction of sp³-hybridized carbons (Fsp3) is 0.344. The van der Waals surface area contributed by atoms with E-state index in [0.29, 0.717) is 16.6 Å². The second-order valence-corrected chi connectivity index (χ2v) is 12.2. The van der Waals surface area contributed by atoms with Crippen LogP contribution in [0, 0.1) is 0 Å². The normalized spacial score (nSPS) is 20.3. The second-order valence-electron chi connectivity index (χ2n) is 12.2. The van der Waals surface area contributed by atoms with E-state index in [1.807, 2.05) is 0 Å². The molecule has 4 aromatic rings. The second kappa shape index (κ2) is 10.8. The lowest BCUT2D eigenvalue weighted by molar-refractivity contribution is -0.286. The lowest BCUT2D eigenvalue weighted by Crippen LogP contribution is -2.51. The van der Waals surface area contributed by atoms with Crippen molar-refractivity contribution in [1.82, 2.24) is 20.5 Å². The number of hydrogen-bond donors (Lipinski definition) is 3. The van der Waals surface area contributed by atoms with Crippen LogP contribution in [0.1, 0.15) is 53.0 Å². The highest BCUT2D eigenvalue weighted by molar-refractivity contribution is 6.00. The zero-order chi connectivity index (χ0) is 35.1. The minimum Gasteiger partial charge on any atom is -0.494 e. The molecule has 0 unspecified atom stereocenters. The number of fused-ring (bicyclic) bond motifs is 3. The van der Waals surface area contributed by atoms with Gasteiger partial charge in [0.25, 0.3) is 5.91 Å². The minimum atomic E-state index is -5.45. The molecule has 7 rings (SSSR count). The van der Waals surface area contributed by atoms with Crippen molar-refractivity contribution in [3.05, 3.63) is 65.0 Å². The van der Waals surface area contributed by atoms with Crippen molar-refractivity contribution in [3.8, 4) is 34.3 Å². The topological polar surface area (TPSA) is 168 Å². The number of aromatic nitrogens is 3. The number of aliphatic hydroxyl groups is 1. The van der Waals surface area contributed by atoms with Crippen molar-refractivity contribution in [1.29, 1.82) is 0 Å². The first-order valence-electron chi connectivity index (χ1n) is 14.8. The molecule has 1 fully saturated rings. The molecule has 2 amide bonds. The molecule has 17 heteroatoms. The van der Waals surface area contributed by atoms with Gasteiger partial charge in [0.15, 0.2) is 11.5 Å². The fourth-order valence-electron chi connectivity index (χ4n) is 5.75. The van der Waals surface area contributed by atoms with Crippen molar-refractivity contribution in [2.45, 2.75) is 49.2 Å². The fourth-order valence-corrected chi connectivity index (χ4v) is 5.75. The standard InChI is InChI=1S/C32H26F5N5O7/c1-29(28(38)44)13-47-26-18(29)11-23(40-25(26)15-5-6-20-21(9-15)49-32(36,37)48-20)30(45,31(33,34)35)12-39-27(43)17-7-16-8-19(14-3-4-14)41-42-24(16)22(10-17)46-2/h5-11,14,45H,3-4,12-13H2,1-2H3,(H2,38,44)(H,39,43)/t29-,30-/m0/s1. The Morgan fingerprint density at radius 3 is 2.49 bits per heavy atom. The largest absolute Gasteiger partial charge is 0.586 e. The van der Waals surface area contributed by atoms with Crippen molar-refractivity contribution in [3.63, 3.8) is 0 Å². The molecule has 256 valence electrons. The summed E-state index contributed by atoms with van der Waals surface area (Å²) in [6, 6.07) is 8.59. The van der Waals surface area contributed by atoms with Crippen LogP contribution < -0.4 is 30.0 Å². The summed E-state index contributed by atoms with van der Waals surface area (Å²) in [7, 11) is 1.34. The Balaban J connectivity index is 1.29. The first-order valence-corrected chi connectivity index (χ1v) is 14.8. The summed E-state index contributed by atoms with van der Waals surface area (Å²) in [5.74, 6) is -2.52. The van der Waals surface area contributed by atoms with E-state index in [2.05, 4.69) is 30.0 Å². The van der Waals surface area contributed by atoms with Gasteiger partial charge in [0.2, 0.25) is 11.5 Å². The van der Waals surface area contributed by atoms with Crippen LogP contribution in [0.4, 0.5) is 22.0 Å². The number of primary amides is 1. The quantitative estimate of drug-likeness (QED) is 0.228. The summed E-state index contributed by atoms with van der Waals surface area (Å²) >= 11 is 0. The highest BCUT2D eigenvalue weighted by Gasteiger charge is 2.58. The van der Waals surface area contributed by atoms with Crippen LogP contribution in [0.5, 0.6) is 23.0 Å². The molecule has 1 saturated carbocycles. The maximum Gasteiger partial charge on any atom is 0.586 e. The number of pyridine rings is 1. The number of alkyl halides is 5. The molecule has 12 nitrogen and oxygen atoms in total. The van der Waals surface area contributed by atoms with Crippen LogP contribution >= 0.6 is 0 Å². The molecule has 0 bridgehead atoms. The van der Waals surface area contributed by atoms with Gasteiger partial charge in [-0.1, -0.05) is 0 Å². The van der Waals surface area contributed by atoms with Crippen molar-refractivity contribution < 1.29 is 55.6 Å². The first kappa shape index (κ1) is 32.2. The molecule has 2 aromatic heterocycles. The van der Waals surface area contributed by atoms with E-state index in [4.69, 9.17) is 15.2 Å². The van der Waals surface area contributed by atoms with E-state index < -0.39 is 59.9 Å². The Labute approximate surface area is 273 Å². The number of nitrogens with two attached hydrogens (primary N) is 1. The van der Waals surface area contributed by atoms with Gasteiger partial charge in [-0.3, -0.25) is 9.59 Å². The zero-order valence-electron chi connectivity index (χ0n) is 25.7. The maximum absolute atomic E-state index is 14.9. The van der Waals surface area contributed by atoms with Gasteiger partial charge in [0.1, 0.15) is 34.7 Å².